The van der Waals surface area contributed by atoms with Gasteiger partial charge in [-0.15, -0.1) is 0 Å². The van der Waals surface area contributed by atoms with Gasteiger partial charge in [0.15, 0.2) is 0 Å². The van der Waals surface area contributed by atoms with Gasteiger partial charge in [0, 0.05) is 19.3 Å². The summed E-state index contributed by atoms with van der Waals surface area (Å²) < 4.78 is 5.31. The maximum atomic E-state index is 5.31. The molecule has 4 nitrogen and oxygen atoms in total. The Morgan fingerprint density at radius 3 is 3.15 bits per heavy atom. The van der Waals surface area contributed by atoms with Crippen LogP contribution in [0.1, 0.15) is 6.92 Å². The van der Waals surface area contributed by atoms with Gasteiger partial charge in [-0.3, -0.25) is 0 Å². The van der Waals surface area contributed by atoms with Crippen LogP contribution in [0.25, 0.3) is 0 Å². The van der Waals surface area contributed by atoms with Crippen molar-refractivity contribution < 1.29 is 4.74 Å². The molecule has 0 radical (unpaired) electrons. The molecule has 1 N–H and O–H groups in total. The average Bonchev–Trinajstić information content (AvgIpc) is 2.19. The summed E-state index contributed by atoms with van der Waals surface area (Å²) in [4.78, 5) is 8.05. The fourth-order valence-electron chi connectivity index (χ4n) is 0.773. The largest absolute Gasteiger partial charge is 0.473 e. The first-order valence-electron chi connectivity index (χ1n) is 4.11. The Balaban J connectivity index is 2.56. The van der Waals surface area contributed by atoms with E-state index in [-0.39, 0.29) is 0 Å². The number of nitrogens with zero attached hydrogens (tertiary/aromatic N) is 2. The molecular weight excluding hydrogens is 166 g/mol. The number of ether oxygens (including phenoxy) is 1. The molecular formula is C9H13N3O. The Kier molecular flexibility index (Phi) is 3.75. The van der Waals surface area contributed by atoms with Crippen LogP contribution in [0.15, 0.2) is 24.4 Å². The standard InChI is InChI=1S/C9H13N3O/c1-3-4-7-13-8-5-6-11-9(10-2)12-8/h3-6H,7H2,1-2H3,(H,10,11,12)/b4-3+. The monoisotopic (exact) mass is 179 g/mol. The summed E-state index contributed by atoms with van der Waals surface area (Å²) in [5.41, 5.74) is 0. The molecule has 0 amide bonds. The van der Waals surface area contributed by atoms with E-state index < -0.39 is 0 Å². The zero-order chi connectivity index (χ0) is 9.52. The molecule has 13 heavy (non-hydrogen) atoms. The quantitative estimate of drug-likeness (QED) is 0.711. The van der Waals surface area contributed by atoms with Crippen molar-refractivity contribution in [3.8, 4) is 5.88 Å². The zero-order valence-electron chi connectivity index (χ0n) is 7.82. The van der Waals surface area contributed by atoms with E-state index in [9.17, 15) is 0 Å². The molecule has 1 rings (SSSR count). The molecule has 0 spiro atoms. The third-order valence-corrected chi connectivity index (χ3v) is 1.42. The van der Waals surface area contributed by atoms with Crippen LogP contribution in [0.2, 0.25) is 0 Å². The van der Waals surface area contributed by atoms with E-state index in [1.807, 2.05) is 19.1 Å². The Labute approximate surface area is 77.7 Å². The van der Waals surface area contributed by atoms with E-state index in [2.05, 4.69) is 15.3 Å². The first kappa shape index (κ1) is 9.51. The molecule has 0 unspecified atom stereocenters. The fraction of sp³-hybridized carbons (Fsp3) is 0.333. The van der Waals surface area contributed by atoms with Gasteiger partial charge in [0.2, 0.25) is 11.8 Å². The molecule has 0 aliphatic heterocycles. The topological polar surface area (TPSA) is 47.0 Å². The molecule has 1 aromatic rings. The summed E-state index contributed by atoms with van der Waals surface area (Å²) in [7, 11) is 1.77. The normalized spacial score (nSPS) is 10.3. The lowest BCUT2D eigenvalue weighted by Gasteiger charge is -2.02. The van der Waals surface area contributed by atoms with Gasteiger partial charge in [0.05, 0.1) is 0 Å². The van der Waals surface area contributed by atoms with Gasteiger partial charge >= 0.3 is 0 Å². The van der Waals surface area contributed by atoms with E-state index in [0.717, 1.165) is 0 Å². The summed E-state index contributed by atoms with van der Waals surface area (Å²) in [5, 5.41) is 2.84. The first-order chi connectivity index (χ1) is 6.36. The van der Waals surface area contributed by atoms with Gasteiger partial charge in [-0.1, -0.05) is 12.2 Å². The molecule has 0 bridgehead atoms. The molecule has 4 heteroatoms. The summed E-state index contributed by atoms with van der Waals surface area (Å²) >= 11 is 0. The average molecular weight is 179 g/mol. The van der Waals surface area contributed by atoms with Crippen LogP contribution in [0, 0.1) is 0 Å². The lowest BCUT2D eigenvalue weighted by atomic mass is 10.5. The number of allylic oxidation sites excluding steroid dienone is 1. The number of aromatic nitrogens is 2. The van der Waals surface area contributed by atoms with Gasteiger partial charge in [0.1, 0.15) is 6.61 Å². The molecule has 70 valence electrons. The Morgan fingerprint density at radius 2 is 2.46 bits per heavy atom. The van der Waals surface area contributed by atoms with Crippen molar-refractivity contribution in [2.45, 2.75) is 6.92 Å². The highest BCUT2D eigenvalue weighted by molar-refractivity contribution is 5.26. The second kappa shape index (κ2) is 5.13. The highest BCUT2D eigenvalue weighted by atomic mass is 16.5. The summed E-state index contributed by atoms with van der Waals surface area (Å²) in [6.45, 7) is 2.49. The third-order valence-electron chi connectivity index (χ3n) is 1.42. The van der Waals surface area contributed by atoms with E-state index in [4.69, 9.17) is 4.74 Å². The Bertz CT molecular complexity index is 286. The first-order valence-corrected chi connectivity index (χ1v) is 4.11. The minimum Gasteiger partial charge on any atom is -0.473 e. The maximum absolute atomic E-state index is 5.31. The van der Waals surface area contributed by atoms with Crippen LogP contribution in [-0.4, -0.2) is 23.6 Å². The molecule has 0 fully saturated rings. The highest BCUT2D eigenvalue weighted by Crippen LogP contribution is 2.07. The van der Waals surface area contributed by atoms with E-state index in [0.29, 0.717) is 18.4 Å². The van der Waals surface area contributed by atoms with E-state index >= 15 is 0 Å². The number of anilines is 1. The Morgan fingerprint density at radius 1 is 1.62 bits per heavy atom. The lowest BCUT2D eigenvalue weighted by Crippen LogP contribution is -2.00. The van der Waals surface area contributed by atoms with Gasteiger partial charge in [-0.2, -0.15) is 4.98 Å². The van der Waals surface area contributed by atoms with Crippen molar-refractivity contribution in [2.24, 2.45) is 0 Å². The van der Waals surface area contributed by atoms with Crippen LogP contribution in [-0.2, 0) is 0 Å². The van der Waals surface area contributed by atoms with E-state index in [1.54, 1.807) is 19.3 Å². The number of nitrogens with one attached hydrogen (secondary N) is 1. The van der Waals surface area contributed by atoms with Crippen LogP contribution >= 0.6 is 0 Å². The summed E-state index contributed by atoms with van der Waals surface area (Å²) in [5.74, 6) is 1.15. The predicted molar refractivity (Wildman–Crippen MR) is 51.9 cm³/mol. The second-order valence-electron chi connectivity index (χ2n) is 2.35. The van der Waals surface area contributed by atoms with Crippen LogP contribution in [0.4, 0.5) is 5.95 Å². The molecule has 0 aliphatic carbocycles. The number of rotatable bonds is 4. The van der Waals surface area contributed by atoms with Crippen LogP contribution in [0.3, 0.4) is 0 Å². The zero-order valence-corrected chi connectivity index (χ0v) is 7.82. The minimum absolute atomic E-state index is 0.538. The predicted octanol–water partition coefficient (Wildman–Crippen LogP) is 1.47. The van der Waals surface area contributed by atoms with Gasteiger partial charge in [0.25, 0.3) is 0 Å². The van der Waals surface area contributed by atoms with Crippen LogP contribution < -0.4 is 10.1 Å². The molecule has 1 aromatic heterocycles. The number of hydrogen-bond acceptors (Lipinski definition) is 4. The molecule has 0 aliphatic rings. The molecule has 0 aromatic carbocycles. The highest BCUT2D eigenvalue weighted by Gasteiger charge is 1.95. The maximum Gasteiger partial charge on any atom is 0.225 e. The van der Waals surface area contributed by atoms with Gasteiger partial charge < -0.3 is 10.1 Å². The van der Waals surface area contributed by atoms with Crippen LogP contribution in [0.5, 0.6) is 5.88 Å². The van der Waals surface area contributed by atoms with Gasteiger partial charge in [-0.05, 0) is 6.92 Å². The minimum atomic E-state index is 0.538. The second-order valence-corrected chi connectivity index (χ2v) is 2.35. The van der Waals surface area contributed by atoms with Crippen molar-refractivity contribution >= 4 is 5.95 Å². The lowest BCUT2D eigenvalue weighted by molar-refractivity contribution is 0.348. The molecule has 0 saturated carbocycles. The summed E-state index contributed by atoms with van der Waals surface area (Å²) in [6, 6.07) is 1.73. The Hall–Kier alpha value is -1.58. The smallest absolute Gasteiger partial charge is 0.225 e. The van der Waals surface area contributed by atoms with Crippen molar-refractivity contribution in [3.63, 3.8) is 0 Å². The number of hydrogen-bond donors (Lipinski definition) is 1. The van der Waals surface area contributed by atoms with Crippen molar-refractivity contribution in [3.05, 3.63) is 24.4 Å². The SMILES string of the molecule is C/C=C/COc1ccnc(NC)n1. The molecule has 1 heterocycles. The van der Waals surface area contributed by atoms with Crippen molar-refractivity contribution in [1.82, 2.24) is 9.97 Å². The van der Waals surface area contributed by atoms with Gasteiger partial charge in [-0.25, -0.2) is 4.98 Å². The summed E-state index contributed by atoms with van der Waals surface area (Å²) in [6.07, 6.45) is 5.51. The van der Waals surface area contributed by atoms with Crippen molar-refractivity contribution in [1.29, 1.82) is 0 Å². The third kappa shape index (κ3) is 3.11. The van der Waals surface area contributed by atoms with Crippen molar-refractivity contribution in [2.75, 3.05) is 19.0 Å². The molecule has 0 atom stereocenters. The fourth-order valence-corrected chi connectivity index (χ4v) is 0.773. The van der Waals surface area contributed by atoms with E-state index in [1.165, 1.54) is 0 Å². The molecule has 0 saturated heterocycles.